The Morgan fingerprint density at radius 2 is 2.25 bits per heavy atom. The Labute approximate surface area is 66.8 Å². The topological polar surface area (TPSA) is 117 Å². The van der Waals surface area contributed by atoms with Gasteiger partial charge in [-0.3, -0.25) is 4.79 Å². The molecule has 9 heteroatoms. The summed E-state index contributed by atoms with van der Waals surface area (Å²) in [6.45, 7) is -0.656. The maximum absolute atomic E-state index is 10.1. The van der Waals surface area contributed by atoms with Crippen LogP contribution in [0.3, 0.4) is 0 Å². The van der Waals surface area contributed by atoms with E-state index in [2.05, 4.69) is 10.6 Å². The lowest BCUT2D eigenvalue weighted by atomic mass is 10.9. The van der Waals surface area contributed by atoms with Gasteiger partial charge in [-0.1, -0.05) is 5.01 Å². The zero-order valence-corrected chi connectivity index (χ0v) is 5.97. The van der Waals surface area contributed by atoms with Crippen molar-refractivity contribution in [1.82, 2.24) is 15.8 Å². The van der Waals surface area contributed by atoms with E-state index in [1.54, 1.807) is 0 Å². The van der Waals surface area contributed by atoms with Crippen molar-refractivity contribution >= 4 is 6.41 Å². The second-order valence-electron chi connectivity index (χ2n) is 1.63. The summed E-state index contributed by atoms with van der Waals surface area (Å²) in [7, 11) is 0. The maximum atomic E-state index is 10.1. The molecule has 0 aliphatic heterocycles. The number of carbonyl (C=O) groups is 1. The van der Waals surface area contributed by atoms with Crippen molar-refractivity contribution in [3.8, 4) is 0 Å². The van der Waals surface area contributed by atoms with Crippen LogP contribution in [0.2, 0.25) is 0 Å². The molecule has 2 N–H and O–H groups in total. The normalized spacial score (nSPS) is 8.33. The fraction of sp³-hybridized carbons (Fsp3) is 0.667. The number of nitro groups is 1. The first-order valence-corrected chi connectivity index (χ1v) is 2.84. The summed E-state index contributed by atoms with van der Waals surface area (Å²) in [5.74, 6) is 0. The second kappa shape index (κ2) is 5.82. The van der Waals surface area contributed by atoms with Crippen LogP contribution in [0.1, 0.15) is 0 Å². The van der Waals surface area contributed by atoms with Gasteiger partial charge < -0.3 is 5.32 Å². The van der Waals surface area contributed by atoms with Crippen molar-refractivity contribution in [2.75, 3.05) is 13.3 Å². The van der Waals surface area contributed by atoms with Crippen LogP contribution in [0.15, 0.2) is 5.29 Å². The number of hydrogen-bond donors (Lipinski definition) is 2. The van der Waals surface area contributed by atoms with E-state index >= 15 is 0 Å². The third kappa shape index (κ3) is 3.98. The average molecular weight is 177 g/mol. The number of hydrazine groups is 1. The standard InChI is InChI=1S/C3H7N5O4/c9-3-4-1-7(8(11)12)2-5-6-10/h3H,1-2H2,(H,4,9)(H,5,10). The van der Waals surface area contributed by atoms with E-state index in [-0.39, 0.29) is 13.3 Å². The summed E-state index contributed by atoms with van der Waals surface area (Å²) in [6, 6.07) is 0. The van der Waals surface area contributed by atoms with Gasteiger partial charge in [0.2, 0.25) is 6.41 Å². The van der Waals surface area contributed by atoms with Crippen LogP contribution in [0.5, 0.6) is 0 Å². The van der Waals surface area contributed by atoms with Gasteiger partial charge >= 0.3 is 0 Å². The lowest BCUT2D eigenvalue weighted by Gasteiger charge is -2.10. The van der Waals surface area contributed by atoms with Gasteiger partial charge in [-0.15, -0.1) is 4.91 Å². The molecule has 0 fully saturated rings. The molecule has 0 saturated carbocycles. The number of nitrogens with one attached hydrogen (secondary N) is 2. The van der Waals surface area contributed by atoms with Gasteiger partial charge in [0.25, 0.3) is 0 Å². The SMILES string of the molecule is O=CNCN(CNN=O)[N+](=O)[O-]. The quantitative estimate of drug-likeness (QED) is 0.159. The molecule has 0 saturated heterocycles. The first kappa shape index (κ1) is 10.1. The number of hydrogen-bond acceptors (Lipinski definition) is 5. The smallest absolute Gasteiger partial charge is 0.208 e. The van der Waals surface area contributed by atoms with Crippen LogP contribution >= 0.6 is 0 Å². The number of nitroso groups, excluding NO2 is 1. The van der Waals surface area contributed by atoms with Crippen molar-refractivity contribution < 1.29 is 9.83 Å². The Kier molecular flexibility index (Phi) is 4.89. The highest BCUT2D eigenvalue weighted by Gasteiger charge is 2.11. The largest absolute Gasteiger partial charge is 0.336 e. The highest BCUT2D eigenvalue weighted by atomic mass is 16.7. The van der Waals surface area contributed by atoms with Crippen molar-refractivity contribution in [2.24, 2.45) is 5.29 Å². The van der Waals surface area contributed by atoms with Gasteiger partial charge in [-0.05, 0) is 0 Å². The lowest BCUT2D eigenvalue weighted by Crippen LogP contribution is -2.42. The van der Waals surface area contributed by atoms with E-state index in [0.717, 1.165) is 0 Å². The molecule has 0 aromatic carbocycles. The summed E-state index contributed by atoms with van der Waals surface area (Å²) in [5, 5.41) is 14.2. The minimum absolute atomic E-state index is 0.293. The number of rotatable bonds is 7. The fourth-order valence-corrected chi connectivity index (χ4v) is 0.425. The van der Waals surface area contributed by atoms with Gasteiger partial charge in [0.15, 0.2) is 18.4 Å². The summed E-state index contributed by atoms with van der Waals surface area (Å²) in [4.78, 5) is 29.3. The van der Waals surface area contributed by atoms with Crippen LogP contribution in [-0.4, -0.2) is 29.8 Å². The summed E-state index contributed by atoms with van der Waals surface area (Å²) >= 11 is 0. The minimum Gasteiger partial charge on any atom is -0.336 e. The second-order valence-corrected chi connectivity index (χ2v) is 1.63. The van der Waals surface area contributed by atoms with Crippen molar-refractivity contribution in [3.05, 3.63) is 15.0 Å². The molecule has 0 atom stereocenters. The predicted molar refractivity (Wildman–Crippen MR) is 36.7 cm³/mol. The Morgan fingerprint density at radius 3 is 2.67 bits per heavy atom. The van der Waals surface area contributed by atoms with Crippen LogP contribution in [0.4, 0.5) is 0 Å². The van der Waals surface area contributed by atoms with Gasteiger partial charge in [-0.25, -0.2) is 15.5 Å². The van der Waals surface area contributed by atoms with Crippen molar-refractivity contribution in [2.45, 2.75) is 0 Å². The minimum atomic E-state index is -0.769. The van der Waals surface area contributed by atoms with E-state index in [1.807, 2.05) is 5.43 Å². The van der Waals surface area contributed by atoms with Crippen LogP contribution in [0, 0.1) is 15.0 Å². The molecule has 0 aromatic heterocycles. The third-order valence-electron chi connectivity index (χ3n) is 0.906. The van der Waals surface area contributed by atoms with Crippen LogP contribution in [0.25, 0.3) is 0 Å². The Hall–Kier alpha value is -1.93. The Morgan fingerprint density at radius 1 is 1.58 bits per heavy atom. The van der Waals surface area contributed by atoms with Crippen LogP contribution in [-0.2, 0) is 4.79 Å². The van der Waals surface area contributed by atoms with Gasteiger partial charge in [0.1, 0.15) is 0 Å². The molecule has 9 nitrogen and oxygen atoms in total. The molecule has 0 bridgehead atoms. The highest BCUT2D eigenvalue weighted by molar-refractivity contribution is 5.45. The molecule has 0 heterocycles. The van der Waals surface area contributed by atoms with Crippen molar-refractivity contribution in [1.29, 1.82) is 0 Å². The molecule has 0 rings (SSSR count). The number of carbonyl (C=O) groups excluding carboxylic acids is 1. The molecule has 0 unspecified atom stereocenters. The summed E-state index contributed by atoms with van der Waals surface area (Å²) < 4.78 is 0. The fourth-order valence-electron chi connectivity index (χ4n) is 0.425. The predicted octanol–water partition coefficient (Wildman–Crippen LogP) is -1.59. The van der Waals surface area contributed by atoms with Crippen molar-refractivity contribution in [3.63, 3.8) is 0 Å². The zero-order chi connectivity index (χ0) is 9.40. The molecule has 0 radical (unpaired) electrons. The Bertz CT molecular complexity index is 160. The van der Waals surface area contributed by atoms with E-state index in [4.69, 9.17) is 0 Å². The van der Waals surface area contributed by atoms with Gasteiger partial charge in [0.05, 0.1) is 5.29 Å². The molecular formula is C3H7N5O4. The lowest BCUT2D eigenvalue weighted by molar-refractivity contribution is -0.657. The number of nitrogens with zero attached hydrogens (tertiary/aromatic N) is 3. The first-order valence-electron chi connectivity index (χ1n) is 2.84. The van der Waals surface area contributed by atoms with E-state index < -0.39 is 5.03 Å². The van der Waals surface area contributed by atoms with Crippen LogP contribution < -0.4 is 10.7 Å². The van der Waals surface area contributed by atoms with E-state index in [1.165, 1.54) is 0 Å². The third-order valence-corrected chi connectivity index (χ3v) is 0.906. The molecule has 0 aromatic rings. The maximum Gasteiger partial charge on any atom is 0.208 e. The molecule has 12 heavy (non-hydrogen) atoms. The number of amides is 1. The summed E-state index contributed by atoms with van der Waals surface area (Å²) in [5.41, 5.74) is 1.84. The zero-order valence-electron chi connectivity index (χ0n) is 5.97. The first-order chi connectivity index (χ1) is 5.72. The van der Waals surface area contributed by atoms with E-state index in [9.17, 15) is 19.8 Å². The molecule has 0 spiro atoms. The highest BCUT2D eigenvalue weighted by Crippen LogP contribution is 1.81. The Balaban J connectivity index is 3.77. The molecule has 68 valence electrons. The van der Waals surface area contributed by atoms with Gasteiger partial charge in [-0.2, -0.15) is 0 Å². The van der Waals surface area contributed by atoms with Gasteiger partial charge in [0, 0.05) is 0 Å². The average Bonchev–Trinajstić information content (AvgIpc) is 2.04. The molecule has 1 amide bonds. The molecule has 0 aliphatic carbocycles. The molecular weight excluding hydrogens is 170 g/mol. The molecule has 0 aliphatic rings. The van der Waals surface area contributed by atoms with E-state index in [0.29, 0.717) is 11.4 Å². The summed E-state index contributed by atoms with van der Waals surface area (Å²) in [6.07, 6.45) is 0.310. The monoisotopic (exact) mass is 177 g/mol.